The molecule has 0 spiro atoms. The van der Waals surface area contributed by atoms with Gasteiger partial charge in [-0.3, -0.25) is 9.69 Å². The van der Waals surface area contributed by atoms with E-state index >= 15 is 0 Å². The van der Waals surface area contributed by atoms with E-state index in [1.165, 1.54) is 12.1 Å². The highest BCUT2D eigenvalue weighted by Crippen LogP contribution is 2.35. The van der Waals surface area contributed by atoms with Gasteiger partial charge < -0.3 is 4.74 Å². The van der Waals surface area contributed by atoms with Crippen LogP contribution in [-0.4, -0.2) is 16.5 Å². The first-order chi connectivity index (χ1) is 15.2. The van der Waals surface area contributed by atoms with Gasteiger partial charge in [0.1, 0.15) is 11.4 Å². The largest absolute Gasteiger partial charge is 0.460 e. The number of nitrogens with zero attached hydrogens (tertiary/aromatic N) is 1. The molecule has 0 saturated carbocycles. The Morgan fingerprint density at radius 2 is 1.50 bits per heavy atom. The summed E-state index contributed by atoms with van der Waals surface area (Å²) in [6, 6.07) is 26.5. The fourth-order valence-corrected chi connectivity index (χ4v) is 3.92. The second-order valence-electron chi connectivity index (χ2n) is 9.11. The minimum atomic E-state index is -0.584. The minimum absolute atomic E-state index is 0.00731. The molecule has 0 bridgehead atoms. The lowest BCUT2D eigenvalue weighted by Gasteiger charge is -2.37. The van der Waals surface area contributed by atoms with Crippen molar-refractivity contribution < 1.29 is 13.9 Å². The summed E-state index contributed by atoms with van der Waals surface area (Å²) in [6.45, 7) is 8.31. The Kier molecular flexibility index (Phi) is 7.81. The fraction of sp³-hybridized carbons (Fsp3) is 0.321. The molecule has 0 heterocycles. The van der Waals surface area contributed by atoms with Crippen molar-refractivity contribution in [3.63, 3.8) is 0 Å². The van der Waals surface area contributed by atoms with E-state index in [9.17, 15) is 9.18 Å². The average molecular weight is 434 g/mol. The first-order valence-corrected chi connectivity index (χ1v) is 11.0. The third-order valence-corrected chi connectivity index (χ3v) is 5.40. The van der Waals surface area contributed by atoms with Crippen molar-refractivity contribution >= 4 is 5.97 Å². The van der Waals surface area contributed by atoms with Gasteiger partial charge in [0, 0.05) is 18.6 Å². The van der Waals surface area contributed by atoms with Crippen LogP contribution in [0.3, 0.4) is 0 Å². The number of carbonyl (C=O) groups excluding carboxylic acids is 1. The second kappa shape index (κ2) is 10.6. The zero-order valence-electron chi connectivity index (χ0n) is 19.3. The number of halogens is 1. The Balaban J connectivity index is 2.03. The lowest BCUT2D eigenvalue weighted by molar-refractivity contribution is -0.156. The molecule has 3 rings (SSSR count). The Morgan fingerprint density at radius 1 is 0.906 bits per heavy atom. The molecule has 3 nitrogen and oxygen atoms in total. The van der Waals surface area contributed by atoms with Gasteiger partial charge in [-0.2, -0.15) is 0 Å². The van der Waals surface area contributed by atoms with E-state index in [0.29, 0.717) is 6.54 Å². The molecule has 2 atom stereocenters. The monoisotopic (exact) mass is 433 g/mol. The molecule has 0 aliphatic rings. The van der Waals surface area contributed by atoms with Crippen molar-refractivity contribution in [2.45, 2.75) is 58.3 Å². The maximum Gasteiger partial charge on any atom is 0.308 e. The zero-order valence-corrected chi connectivity index (χ0v) is 19.3. The van der Waals surface area contributed by atoms with Crippen LogP contribution in [0.5, 0.6) is 0 Å². The first kappa shape index (κ1) is 23.7. The topological polar surface area (TPSA) is 29.5 Å². The third kappa shape index (κ3) is 6.76. The number of esters is 1. The average Bonchev–Trinajstić information content (AvgIpc) is 2.76. The van der Waals surface area contributed by atoms with Crippen LogP contribution in [-0.2, 0) is 16.1 Å². The van der Waals surface area contributed by atoms with Crippen LogP contribution in [0.4, 0.5) is 4.39 Å². The van der Waals surface area contributed by atoms with E-state index < -0.39 is 5.60 Å². The summed E-state index contributed by atoms with van der Waals surface area (Å²) in [4.78, 5) is 15.2. The van der Waals surface area contributed by atoms with Crippen molar-refractivity contribution in [1.29, 1.82) is 0 Å². The van der Waals surface area contributed by atoms with E-state index in [1.54, 1.807) is 6.07 Å². The molecule has 0 radical (unpaired) electrons. The van der Waals surface area contributed by atoms with Gasteiger partial charge in [-0.05, 0) is 56.5 Å². The highest BCUT2D eigenvalue weighted by atomic mass is 19.1. The summed E-state index contributed by atoms with van der Waals surface area (Å²) < 4.78 is 19.9. The summed E-state index contributed by atoms with van der Waals surface area (Å²) in [7, 11) is 0. The summed E-state index contributed by atoms with van der Waals surface area (Å²) in [5, 5.41) is 0. The molecule has 0 unspecified atom stereocenters. The molecule has 0 aliphatic carbocycles. The van der Waals surface area contributed by atoms with Crippen molar-refractivity contribution in [3.05, 3.63) is 107 Å². The van der Waals surface area contributed by atoms with Gasteiger partial charge in [-0.25, -0.2) is 4.39 Å². The van der Waals surface area contributed by atoms with Gasteiger partial charge in [0.05, 0.1) is 6.42 Å². The number of carbonyl (C=O) groups is 1. The maximum absolute atomic E-state index is 14.2. The Hall–Kier alpha value is -2.98. The Morgan fingerprint density at radius 3 is 2.09 bits per heavy atom. The van der Waals surface area contributed by atoms with E-state index in [-0.39, 0.29) is 30.3 Å². The van der Waals surface area contributed by atoms with E-state index in [2.05, 4.69) is 36.1 Å². The number of ether oxygens (including phenoxy) is 1. The standard InChI is InChI=1S/C28H32FNO2/c1-21(23-14-9-6-10-15-23)30(20-22-12-7-5-8-13-22)26(19-27(31)32-28(2,3)4)24-16-11-17-25(29)18-24/h5-18,21,26H,19-20H2,1-4H3/t21-,26+/m1/s1. The molecular formula is C28H32FNO2. The van der Waals surface area contributed by atoms with Crippen LogP contribution in [0.25, 0.3) is 0 Å². The molecular weight excluding hydrogens is 401 g/mol. The molecule has 0 saturated heterocycles. The van der Waals surface area contributed by atoms with Gasteiger partial charge >= 0.3 is 5.97 Å². The van der Waals surface area contributed by atoms with E-state index in [4.69, 9.17) is 4.74 Å². The fourth-order valence-electron chi connectivity index (χ4n) is 3.92. The SMILES string of the molecule is C[C@H](c1ccccc1)N(Cc1ccccc1)[C@@H](CC(=O)OC(C)(C)C)c1cccc(F)c1. The number of rotatable bonds is 8. The van der Waals surface area contributed by atoms with Gasteiger partial charge in [0.15, 0.2) is 0 Å². The lowest BCUT2D eigenvalue weighted by Crippen LogP contribution is -2.34. The highest BCUT2D eigenvalue weighted by molar-refractivity contribution is 5.71. The lowest BCUT2D eigenvalue weighted by atomic mass is 9.96. The van der Waals surface area contributed by atoms with Gasteiger partial charge in [0.2, 0.25) is 0 Å². The van der Waals surface area contributed by atoms with Crippen molar-refractivity contribution in [3.8, 4) is 0 Å². The van der Waals surface area contributed by atoms with Gasteiger partial charge in [0.25, 0.3) is 0 Å². The molecule has 4 heteroatoms. The first-order valence-electron chi connectivity index (χ1n) is 11.0. The molecule has 0 fully saturated rings. The highest BCUT2D eigenvalue weighted by Gasteiger charge is 2.30. The quantitative estimate of drug-likeness (QED) is 0.363. The minimum Gasteiger partial charge on any atom is -0.460 e. The van der Waals surface area contributed by atoms with Crippen LogP contribution in [0.1, 0.15) is 62.9 Å². The molecule has 0 N–H and O–H groups in total. The van der Waals surface area contributed by atoms with Crippen molar-refractivity contribution in [1.82, 2.24) is 4.90 Å². The predicted molar refractivity (Wildman–Crippen MR) is 126 cm³/mol. The third-order valence-electron chi connectivity index (χ3n) is 5.40. The van der Waals surface area contributed by atoms with Crippen LogP contribution in [0, 0.1) is 5.82 Å². The number of hydrogen-bond donors (Lipinski definition) is 0. The smallest absolute Gasteiger partial charge is 0.308 e. The normalized spacial score (nSPS) is 13.6. The van der Waals surface area contributed by atoms with E-state index in [1.807, 2.05) is 63.2 Å². The second-order valence-corrected chi connectivity index (χ2v) is 9.11. The summed E-state index contributed by atoms with van der Waals surface area (Å²) in [6.07, 6.45) is 0.130. The van der Waals surface area contributed by atoms with Gasteiger partial charge in [-0.1, -0.05) is 72.8 Å². The summed E-state index contributed by atoms with van der Waals surface area (Å²) in [5.74, 6) is -0.617. The molecule has 3 aromatic carbocycles. The molecule has 168 valence electrons. The van der Waals surface area contributed by atoms with E-state index in [0.717, 1.165) is 16.7 Å². The maximum atomic E-state index is 14.2. The van der Waals surface area contributed by atoms with Gasteiger partial charge in [-0.15, -0.1) is 0 Å². The molecule has 32 heavy (non-hydrogen) atoms. The zero-order chi connectivity index (χ0) is 23.1. The Labute approximate surface area is 190 Å². The molecule has 3 aromatic rings. The molecule has 0 amide bonds. The van der Waals surface area contributed by atoms with Crippen molar-refractivity contribution in [2.24, 2.45) is 0 Å². The summed E-state index contributed by atoms with van der Waals surface area (Å²) >= 11 is 0. The molecule has 0 aliphatic heterocycles. The molecule has 0 aromatic heterocycles. The van der Waals surface area contributed by atoms with Crippen LogP contribution < -0.4 is 0 Å². The van der Waals surface area contributed by atoms with Crippen molar-refractivity contribution in [2.75, 3.05) is 0 Å². The Bertz CT molecular complexity index is 999. The van der Waals surface area contributed by atoms with Crippen LogP contribution in [0.2, 0.25) is 0 Å². The summed E-state index contributed by atoms with van der Waals surface area (Å²) in [5.41, 5.74) is 2.43. The van der Waals surface area contributed by atoms with Crippen LogP contribution in [0.15, 0.2) is 84.9 Å². The number of benzene rings is 3. The predicted octanol–water partition coefficient (Wildman–Crippen LogP) is 6.86. The van der Waals surface area contributed by atoms with Crippen LogP contribution >= 0.6 is 0 Å². The number of hydrogen-bond acceptors (Lipinski definition) is 3.